The summed E-state index contributed by atoms with van der Waals surface area (Å²) in [5, 5.41) is 15.6. The number of aromatic nitrogens is 2. The average molecular weight is 582 g/mol. The third kappa shape index (κ3) is 4.94. The van der Waals surface area contributed by atoms with E-state index in [-0.39, 0.29) is 54.6 Å². The van der Waals surface area contributed by atoms with Gasteiger partial charge in [-0.05, 0) is 69.4 Å². The molecular formula is C31H36ClN3O6. The number of fused-ring (bicyclic) bond motifs is 5. The van der Waals surface area contributed by atoms with Crippen molar-refractivity contribution in [2.24, 2.45) is 5.92 Å². The van der Waals surface area contributed by atoms with Crippen molar-refractivity contribution < 1.29 is 24.2 Å². The molecule has 1 unspecified atom stereocenters. The van der Waals surface area contributed by atoms with Crippen LogP contribution >= 0.6 is 11.6 Å². The van der Waals surface area contributed by atoms with Gasteiger partial charge in [0.15, 0.2) is 5.60 Å². The van der Waals surface area contributed by atoms with Crippen LogP contribution in [-0.2, 0) is 44.4 Å². The number of carbonyl (C=O) groups is 2. The Bertz CT molecular complexity index is 1650. The predicted molar refractivity (Wildman–Crippen MR) is 156 cm³/mol. The lowest BCUT2D eigenvalue weighted by molar-refractivity contribution is -0.172. The van der Waals surface area contributed by atoms with Crippen LogP contribution in [0, 0.1) is 12.8 Å². The SMILES string of the molecule is CC[C@@]1(O)C(=O)OCc2c1cc1n(c2=O)Cc2c-1nc1cc(Cl)c(C)cc1c2CNC(=O)C(OC(C)(C)C)C(C)C. The Labute approximate surface area is 243 Å². The minimum absolute atomic E-state index is 0.0495. The number of halogens is 1. The summed E-state index contributed by atoms with van der Waals surface area (Å²) in [5.41, 5.74) is 1.84. The smallest absolute Gasteiger partial charge is 0.343 e. The van der Waals surface area contributed by atoms with Gasteiger partial charge in [0.05, 0.1) is 34.6 Å². The summed E-state index contributed by atoms with van der Waals surface area (Å²) in [5.74, 6) is -1.05. The predicted octanol–water partition coefficient (Wildman–Crippen LogP) is 4.50. The van der Waals surface area contributed by atoms with E-state index in [1.165, 1.54) is 0 Å². The first kappa shape index (κ1) is 29.2. The van der Waals surface area contributed by atoms with Gasteiger partial charge in [0.2, 0.25) is 5.91 Å². The lowest BCUT2D eigenvalue weighted by Crippen LogP contribution is -2.44. The van der Waals surface area contributed by atoms with Gasteiger partial charge in [-0.15, -0.1) is 0 Å². The van der Waals surface area contributed by atoms with Crippen LogP contribution in [0.25, 0.3) is 22.3 Å². The van der Waals surface area contributed by atoms with Crippen LogP contribution in [-0.4, -0.2) is 38.2 Å². The first-order valence-corrected chi connectivity index (χ1v) is 14.3. The van der Waals surface area contributed by atoms with Crippen LogP contribution in [0.2, 0.25) is 5.02 Å². The highest BCUT2D eigenvalue weighted by molar-refractivity contribution is 6.32. The number of aryl methyl sites for hydroxylation is 1. The average Bonchev–Trinajstić information content (AvgIpc) is 3.26. The molecule has 10 heteroatoms. The third-order valence-corrected chi connectivity index (χ3v) is 8.28. The van der Waals surface area contributed by atoms with E-state index in [1.54, 1.807) is 23.6 Å². The van der Waals surface area contributed by atoms with Gasteiger partial charge in [0, 0.05) is 28.1 Å². The first-order chi connectivity index (χ1) is 19.2. The molecular weight excluding hydrogens is 546 g/mol. The fourth-order valence-electron chi connectivity index (χ4n) is 5.64. The number of cyclic esters (lactones) is 1. The van der Waals surface area contributed by atoms with E-state index < -0.39 is 23.3 Å². The molecule has 0 spiro atoms. The molecule has 0 aliphatic carbocycles. The van der Waals surface area contributed by atoms with E-state index in [1.807, 2.05) is 47.6 Å². The van der Waals surface area contributed by atoms with Gasteiger partial charge in [-0.3, -0.25) is 9.59 Å². The summed E-state index contributed by atoms with van der Waals surface area (Å²) in [6.45, 7) is 13.4. The molecule has 3 aromatic rings. The fraction of sp³-hybridized carbons (Fsp3) is 0.484. The summed E-state index contributed by atoms with van der Waals surface area (Å²) < 4.78 is 12.9. The van der Waals surface area contributed by atoms with Gasteiger partial charge in [-0.2, -0.15) is 0 Å². The summed E-state index contributed by atoms with van der Waals surface area (Å²) in [6, 6.07) is 5.39. The molecule has 41 heavy (non-hydrogen) atoms. The van der Waals surface area contributed by atoms with E-state index in [0.29, 0.717) is 21.9 Å². The standard InChI is InChI=1S/C31H36ClN3O6/c1-8-31(39)21-10-24-25-19(13-35(24)28(37)20(21)14-40-29(31)38)18(17-9-16(4)22(32)11-23(17)34-25)12-33-27(36)26(15(2)3)41-30(5,6)7/h9-11,15,26,39H,8,12-14H2,1-7H3,(H,33,36)/t26?,31-/m0/s1. The molecule has 218 valence electrons. The number of hydrogen-bond acceptors (Lipinski definition) is 7. The number of ether oxygens (including phenoxy) is 2. The maximum atomic E-state index is 13.7. The van der Waals surface area contributed by atoms with Crippen LogP contribution in [0.15, 0.2) is 23.0 Å². The highest BCUT2D eigenvalue weighted by Crippen LogP contribution is 2.41. The minimum atomic E-state index is -1.92. The maximum absolute atomic E-state index is 13.7. The van der Waals surface area contributed by atoms with E-state index >= 15 is 0 Å². The molecule has 0 fully saturated rings. The number of nitrogens with zero attached hydrogens (tertiary/aromatic N) is 2. The normalized spacial score (nSPS) is 18.6. The molecule has 1 aromatic carbocycles. The number of aliphatic hydroxyl groups is 1. The van der Waals surface area contributed by atoms with Gasteiger partial charge in [0.25, 0.3) is 5.56 Å². The van der Waals surface area contributed by atoms with Gasteiger partial charge < -0.3 is 24.5 Å². The topological polar surface area (TPSA) is 120 Å². The second-order valence-corrected chi connectivity index (χ2v) is 12.7. The number of carbonyl (C=O) groups excluding carboxylic acids is 2. The molecule has 2 atom stereocenters. The number of pyridine rings is 2. The molecule has 0 saturated heterocycles. The zero-order valence-electron chi connectivity index (χ0n) is 24.5. The molecule has 2 aliphatic rings. The summed E-state index contributed by atoms with van der Waals surface area (Å²) >= 11 is 6.48. The van der Waals surface area contributed by atoms with Gasteiger partial charge in [0.1, 0.15) is 12.7 Å². The van der Waals surface area contributed by atoms with Crippen LogP contribution in [0.4, 0.5) is 0 Å². The van der Waals surface area contributed by atoms with Crippen molar-refractivity contribution >= 4 is 34.4 Å². The molecule has 0 saturated carbocycles. The van der Waals surface area contributed by atoms with Crippen molar-refractivity contribution in [1.29, 1.82) is 0 Å². The summed E-state index contributed by atoms with van der Waals surface area (Å²) in [4.78, 5) is 44.5. The second kappa shape index (κ2) is 10.2. The van der Waals surface area contributed by atoms with Crippen molar-refractivity contribution in [1.82, 2.24) is 14.9 Å². The Balaban J connectivity index is 1.65. The van der Waals surface area contributed by atoms with Crippen LogP contribution in [0.3, 0.4) is 0 Å². The second-order valence-electron chi connectivity index (χ2n) is 12.3. The zero-order valence-corrected chi connectivity index (χ0v) is 25.2. The van der Waals surface area contributed by atoms with Crippen molar-refractivity contribution in [3.05, 3.63) is 61.4 Å². The Hall–Kier alpha value is -3.27. The molecule has 5 rings (SSSR count). The highest BCUT2D eigenvalue weighted by atomic mass is 35.5. The fourth-order valence-corrected chi connectivity index (χ4v) is 5.80. The Morgan fingerprint density at radius 2 is 1.95 bits per heavy atom. The van der Waals surface area contributed by atoms with Crippen molar-refractivity contribution in [3.63, 3.8) is 0 Å². The number of rotatable bonds is 6. The number of esters is 1. The molecule has 4 heterocycles. The molecule has 0 bridgehead atoms. The number of benzene rings is 1. The summed E-state index contributed by atoms with van der Waals surface area (Å²) in [6.07, 6.45) is -0.595. The van der Waals surface area contributed by atoms with Crippen LogP contribution < -0.4 is 10.9 Å². The van der Waals surface area contributed by atoms with Crippen LogP contribution in [0.1, 0.15) is 75.8 Å². The quantitative estimate of drug-likeness (QED) is 0.322. The van der Waals surface area contributed by atoms with E-state index in [4.69, 9.17) is 26.1 Å². The van der Waals surface area contributed by atoms with Crippen LogP contribution in [0.5, 0.6) is 0 Å². The molecule has 2 aliphatic heterocycles. The Morgan fingerprint density at radius 3 is 2.59 bits per heavy atom. The first-order valence-electron chi connectivity index (χ1n) is 13.9. The lowest BCUT2D eigenvalue weighted by Gasteiger charge is -2.31. The molecule has 2 N–H and O–H groups in total. The number of amides is 1. The molecule has 2 aromatic heterocycles. The Morgan fingerprint density at radius 1 is 1.24 bits per heavy atom. The number of hydrogen-bond donors (Lipinski definition) is 2. The Kier molecular flexibility index (Phi) is 7.29. The third-order valence-electron chi connectivity index (χ3n) is 7.87. The molecule has 1 amide bonds. The zero-order chi connectivity index (χ0) is 30.0. The van der Waals surface area contributed by atoms with E-state index in [0.717, 1.165) is 22.1 Å². The molecule has 9 nitrogen and oxygen atoms in total. The monoisotopic (exact) mass is 581 g/mol. The van der Waals surface area contributed by atoms with Crippen molar-refractivity contribution in [2.75, 3.05) is 0 Å². The van der Waals surface area contributed by atoms with E-state index in [2.05, 4.69) is 5.32 Å². The van der Waals surface area contributed by atoms with Gasteiger partial charge >= 0.3 is 5.97 Å². The summed E-state index contributed by atoms with van der Waals surface area (Å²) in [7, 11) is 0. The number of nitrogens with one attached hydrogen (secondary N) is 1. The largest absolute Gasteiger partial charge is 0.458 e. The van der Waals surface area contributed by atoms with Crippen molar-refractivity contribution in [2.45, 2.75) is 91.9 Å². The van der Waals surface area contributed by atoms with E-state index in [9.17, 15) is 19.5 Å². The highest BCUT2D eigenvalue weighted by Gasteiger charge is 2.45. The van der Waals surface area contributed by atoms with Gasteiger partial charge in [-0.25, -0.2) is 9.78 Å². The van der Waals surface area contributed by atoms with Crippen molar-refractivity contribution in [3.8, 4) is 11.4 Å². The lowest BCUT2D eigenvalue weighted by atomic mass is 9.86. The maximum Gasteiger partial charge on any atom is 0.343 e. The minimum Gasteiger partial charge on any atom is -0.458 e. The molecule has 0 radical (unpaired) electrons. The van der Waals surface area contributed by atoms with Gasteiger partial charge in [-0.1, -0.05) is 32.4 Å².